The van der Waals surface area contributed by atoms with E-state index in [1.807, 2.05) is 36.4 Å². The molecule has 4 N–H and O–H groups in total. The van der Waals surface area contributed by atoms with Gasteiger partial charge in [-0.1, -0.05) is 12.1 Å². The number of nitrogens with zero attached hydrogens (tertiary/aromatic N) is 2. The van der Waals surface area contributed by atoms with Crippen LogP contribution in [-0.4, -0.2) is 22.9 Å². The van der Waals surface area contributed by atoms with E-state index >= 15 is 0 Å². The van der Waals surface area contributed by atoms with Crippen molar-refractivity contribution in [3.8, 4) is 22.9 Å². The Morgan fingerprint density at radius 1 is 1.22 bits per heavy atom. The van der Waals surface area contributed by atoms with E-state index in [0.29, 0.717) is 12.2 Å². The number of nitrogens with two attached hydrogens (primary N) is 2. The standard InChI is InChI=1S/C17H18N4O2/c1-10(8-18)21-14-7-16-15(22-9-23-16)6-13(14)20-17(21)11-3-2-4-12(19)5-11/h2-7,10H,8-9,18-19H2,1H3. The van der Waals surface area contributed by atoms with Gasteiger partial charge in [0.1, 0.15) is 5.82 Å². The van der Waals surface area contributed by atoms with E-state index in [4.69, 9.17) is 25.9 Å². The normalized spacial score (nSPS) is 14.3. The summed E-state index contributed by atoms with van der Waals surface area (Å²) in [4.78, 5) is 4.79. The monoisotopic (exact) mass is 310 g/mol. The summed E-state index contributed by atoms with van der Waals surface area (Å²) >= 11 is 0. The molecule has 0 amide bonds. The Labute approximate surface area is 133 Å². The highest BCUT2D eigenvalue weighted by Crippen LogP contribution is 2.38. The fraction of sp³-hybridized carbons (Fsp3) is 0.235. The second-order valence-corrected chi connectivity index (χ2v) is 5.71. The number of benzene rings is 2. The molecule has 6 nitrogen and oxygen atoms in total. The summed E-state index contributed by atoms with van der Waals surface area (Å²) in [5.74, 6) is 2.30. The summed E-state index contributed by atoms with van der Waals surface area (Å²) in [6, 6.07) is 11.7. The number of rotatable bonds is 3. The maximum Gasteiger partial charge on any atom is 0.231 e. The Morgan fingerprint density at radius 2 is 2.00 bits per heavy atom. The number of hydrogen-bond donors (Lipinski definition) is 2. The van der Waals surface area contributed by atoms with Gasteiger partial charge in [0, 0.05) is 36.0 Å². The first-order valence-electron chi connectivity index (χ1n) is 7.55. The molecule has 1 aliphatic heterocycles. The Morgan fingerprint density at radius 3 is 2.74 bits per heavy atom. The molecule has 2 heterocycles. The first-order chi connectivity index (χ1) is 11.2. The Balaban J connectivity index is 1.99. The van der Waals surface area contributed by atoms with Crippen molar-refractivity contribution in [1.82, 2.24) is 9.55 Å². The van der Waals surface area contributed by atoms with Crippen molar-refractivity contribution in [1.29, 1.82) is 0 Å². The number of fused-ring (bicyclic) bond motifs is 2. The number of aromatic nitrogens is 2. The van der Waals surface area contributed by atoms with E-state index in [2.05, 4.69) is 11.5 Å². The van der Waals surface area contributed by atoms with Gasteiger partial charge in [-0.25, -0.2) is 4.98 Å². The molecule has 0 fully saturated rings. The van der Waals surface area contributed by atoms with Crippen LogP contribution in [0.3, 0.4) is 0 Å². The van der Waals surface area contributed by atoms with Crippen molar-refractivity contribution in [2.75, 3.05) is 19.1 Å². The third kappa shape index (κ3) is 2.19. The molecule has 4 rings (SSSR count). The number of hydrogen-bond acceptors (Lipinski definition) is 5. The lowest BCUT2D eigenvalue weighted by Crippen LogP contribution is -2.17. The average Bonchev–Trinajstić information content (AvgIpc) is 3.15. The van der Waals surface area contributed by atoms with Crippen molar-refractivity contribution in [3.05, 3.63) is 36.4 Å². The average molecular weight is 310 g/mol. The van der Waals surface area contributed by atoms with Crippen LogP contribution in [0.15, 0.2) is 36.4 Å². The molecular weight excluding hydrogens is 292 g/mol. The molecule has 1 aromatic heterocycles. The van der Waals surface area contributed by atoms with Crippen molar-refractivity contribution in [2.45, 2.75) is 13.0 Å². The highest BCUT2D eigenvalue weighted by atomic mass is 16.7. The summed E-state index contributed by atoms with van der Waals surface area (Å²) in [6.07, 6.45) is 0. The van der Waals surface area contributed by atoms with Gasteiger partial charge in [0.25, 0.3) is 0 Å². The largest absolute Gasteiger partial charge is 0.454 e. The molecule has 23 heavy (non-hydrogen) atoms. The third-order valence-corrected chi connectivity index (χ3v) is 4.11. The van der Waals surface area contributed by atoms with Crippen molar-refractivity contribution in [2.24, 2.45) is 5.73 Å². The molecule has 3 aromatic rings. The molecule has 1 aliphatic rings. The first kappa shape index (κ1) is 13.9. The van der Waals surface area contributed by atoms with Gasteiger partial charge in [-0.05, 0) is 19.1 Å². The van der Waals surface area contributed by atoms with Crippen molar-refractivity contribution >= 4 is 16.7 Å². The van der Waals surface area contributed by atoms with Crippen LogP contribution in [0.1, 0.15) is 13.0 Å². The lowest BCUT2D eigenvalue weighted by atomic mass is 10.2. The summed E-state index contributed by atoms with van der Waals surface area (Å²) in [6.45, 7) is 2.83. The van der Waals surface area contributed by atoms with Crippen LogP contribution in [0.25, 0.3) is 22.4 Å². The van der Waals surface area contributed by atoms with Gasteiger partial charge in [0.15, 0.2) is 11.5 Å². The van der Waals surface area contributed by atoms with Gasteiger partial charge in [0.2, 0.25) is 6.79 Å². The minimum Gasteiger partial charge on any atom is -0.454 e. The minimum absolute atomic E-state index is 0.0943. The lowest BCUT2D eigenvalue weighted by Gasteiger charge is -2.16. The zero-order valence-corrected chi connectivity index (χ0v) is 12.8. The van der Waals surface area contributed by atoms with Gasteiger partial charge in [-0.2, -0.15) is 0 Å². The first-order valence-corrected chi connectivity index (χ1v) is 7.55. The second-order valence-electron chi connectivity index (χ2n) is 5.71. The molecule has 1 unspecified atom stereocenters. The molecule has 2 aromatic carbocycles. The molecule has 1 atom stereocenters. The van der Waals surface area contributed by atoms with E-state index in [0.717, 1.165) is 33.9 Å². The van der Waals surface area contributed by atoms with Crippen LogP contribution in [0, 0.1) is 0 Å². The summed E-state index contributed by atoms with van der Waals surface area (Å²) in [5, 5.41) is 0. The second kappa shape index (κ2) is 5.17. The smallest absolute Gasteiger partial charge is 0.231 e. The lowest BCUT2D eigenvalue weighted by molar-refractivity contribution is 0.174. The fourth-order valence-corrected chi connectivity index (χ4v) is 2.92. The molecule has 0 saturated carbocycles. The van der Waals surface area contributed by atoms with Crippen LogP contribution in [0.4, 0.5) is 5.69 Å². The Kier molecular flexibility index (Phi) is 3.12. The predicted molar refractivity (Wildman–Crippen MR) is 89.5 cm³/mol. The van der Waals surface area contributed by atoms with Crippen LogP contribution in [0.2, 0.25) is 0 Å². The summed E-state index contributed by atoms with van der Waals surface area (Å²) in [7, 11) is 0. The highest BCUT2D eigenvalue weighted by Gasteiger charge is 2.21. The molecule has 6 heteroatoms. The molecule has 0 saturated heterocycles. The number of nitrogen functional groups attached to an aromatic ring is 1. The number of anilines is 1. The molecule has 0 bridgehead atoms. The maximum absolute atomic E-state index is 5.93. The molecule has 0 radical (unpaired) electrons. The van der Waals surface area contributed by atoms with Crippen molar-refractivity contribution in [3.63, 3.8) is 0 Å². The number of imidazole rings is 1. The van der Waals surface area contributed by atoms with Crippen molar-refractivity contribution < 1.29 is 9.47 Å². The quantitative estimate of drug-likeness (QED) is 0.726. The maximum atomic E-state index is 5.93. The molecular formula is C17H18N4O2. The van der Waals surface area contributed by atoms with Gasteiger partial charge >= 0.3 is 0 Å². The van der Waals surface area contributed by atoms with Gasteiger partial charge in [0.05, 0.1) is 11.0 Å². The highest BCUT2D eigenvalue weighted by molar-refractivity contribution is 5.85. The van der Waals surface area contributed by atoms with Gasteiger partial charge in [-0.15, -0.1) is 0 Å². The Bertz CT molecular complexity index is 888. The number of ether oxygens (including phenoxy) is 2. The molecule has 118 valence electrons. The topological polar surface area (TPSA) is 88.3 Å². The van der Waals surface area contributed by atoms with Gasteiger partial charge < -0.3 is 25.5 Å². The molecule has 0 spiro atoms. The van der Waals surface area contributed by atoms with E-state index in [-0.39, 0.29) is 12.8 Å². The van der Waals surface area contributed by atoms with E-state index in [1.165, 1.54) is 0 Å². The summed E-state index contributed by atoms with van der Waals surface area (Å²) < 4.78 is 13.1. The Hall–Kier alpha value is -2.73. The zero-order valence-electron chi connectivity index (χ0n) is 12.8. The van der Waals surface area contributed by atoms with Crippen LogP contribution in [0.5, 0.6) is 11.5 Å². The summed E-state index contributed by atoms with van der Waals surface area (Å²) in [5.41, 5.74) is 15.3. The SMILES string of the molecule is CC(CN)n1c(-c2cccc(N)c2)nc2cc3c(cc21)OCO3. The third-order valence-electron chi connectivity index (χ3n) is 4.11. The fourth-order valence-electron chi connectivity index (χ4n) is 2.92. The van der Waals surface area contributed by atoms with Gasteiger partial charge in [-0.3, -0.25) is 0 Å². The van der Waals surface area contributed by atoms with Crippen LogP contribution >= 0.6 is 0 Å². The van der Waals surface area contributed by atoms with Crippen LogP contribution in [-0.2, 0) is 0 Å². The van der Waals surface area contributed by atoms with E-state index in [9.17, 15) is 0 Å². The van der Waals surface area contributed by atoms with E-state index in [1.54, 1.807) is 0 Å². The minimum atomic E-state index is 0.0943. The molecule has 0 aliphatic carbocycles. The van der Waals surface area contributed by atoms with Crippen LogP contribution < -0.4 is 20.9 Å². The predicted octanol–water partition coefficient (Wildman–Crippen LogP) is 2.53. The van der Waals surface area contributed by atoms with E-state index < -0.39 is 0 Å². The zero-order chi connectivity index (χ0) is 16.0.